The lowest BCUT2D eigenvalue weighted by Crippen LogP contribution is -2.35. The van der Waals surface area contributed by atoms with E-state index < -0.39 is 0 Å². The Bertz CT molecular complexity index is 786. The summed E-state index contributed by atoms with van der Waals surface area (Å²) in [6.45, 7) is 0.655. The van der Waals surface area contributed by atoms with Gasteiger partial charge in [0.25, 0.3) is 0 Å². The second kappa shape index (κ2) is 8.51. The summed E-state index contributed by atoms with van der Waals surface area (Å²) in [5.41, 5.74) is 2.05. The van der Waals surface area contributed by atoms with E-state index in [1.54, 1.807) is 6.26 Å². The first-order valence-corrected chi connectivity index (χ1v) is 8.43. The SMILES string of the molecule is O=C(CN[C@H](c1ccccc1)c1ccco1)NCc1ccc(Cl)cc1. The van der Waals surface area contributed by atoms with Crippen LogP contribution in [0.5, 0.6) is 0 Å². The molecule has 0 aliphatic carbocycles. The van der Waals surface area contributed by atoms with Crippen LogP contribution in [0, 0.1) is 0 Å². The summed E-state index contributed by atoms with van der Waals surface area (Å²) in [7, 11) is 0. The van der Waals surface area contributed by atoms with Crippen molar-refractivity contribution in [2.24, 2.45) is 0 Å². The summed E-state index contributed by atoms with van der Waals surface area (Å²) in [4.78, 5) is 12.2. The van der Waals surface area contributed by atoms with Crippen LogP contribution in [0.1, 0.15) is 22.9 Å². The number of carbonyl (C=O) groups is 1. The van der Waals surface area contributed by atoms with Crippen molar-refractivity contribution in [3.05, 3.63) is 94.9 Å². The average Bonchev–Trinajstić information content (AvgIpc) is 3.17. The van der Waals surface area contributed by atoms with Crippen molar-refractivity contribution < 1.29 is 9.21 Å². The first-order valence-electron chi connectivity index (χ1n) is 8.05. The largest absolute Gasteiger partial charge is 0.467 e. The third-order valence-corrected chi connectivity index (χ3v) is 4.08. The maximum Gasteiger partial charge on any atom is 0.234 e. The molecule has 0 unspecified atom stereocenters. The topological polar surface area (TPSA) is 54.3 Å². The van der Waals surface area contributed by atoms with Gasteiger partial charge in [0.2, 0.25) is 5.91 Å². The van der Waals surface area contributed by atoms with Gasteiger partial charge in [-0.1, -0.05) is 54.1 Å². The summed E-state index contributed by atoms with van der Waals surface area (Å²) in [6.07, 6.45) is 1.63. The van der Waals surface area contributed by atoms with Crippen molar-refractivity contribution in [2.45, 2.75) is 12.6 Å². The highest BCUT2D eigenvalue weighted by atomic mass is 35.5. The van der Waals surface area contributed by atoms with Crippen LogP contribution in [-0.4, -0.2) is 12.5 Å². The van der Waals surface area contributed by atoms with E-state index >= 15 is 0 Å². The first kappa shape index (κ1) is 17.3. The van der Waals surface area contributed by atoms with Crippen molar-refractivity contribution in [3.63, 3.8) is 0 Å². The second-order valence-corrected chi connectivity index (χ2v) is 6.08. The Kier molecular flexibility index (Phi) is 5.88. The highest BCUT2D eigenvalue weighted by Gasteiger charge is 2.17. The third kappa shape index (κ3) is 4.95. The van der Waals surface area contributed by atoms with Gasteiger partial charge in [-0.15, -0.1) is 0 Å². The van der Waals surface area contributed by atoms with Gasteiger partial charge in [-0.05, 0) is 35.4 Å². The highest BCUT2D eigenvalue weighted by Crippen LogP contribution is 2.21. The minimum atomic E-state index is -0.169. The van der Waals surface area contributed by atoms with E-state index in [1.165, 1.54) is 0 Å². The molecule has 1 amide bonds. The molecule has 0 saturated heterocycles. The molecule has 0 spiro atoms. The molecule has 1 aromatic heterocycles. The van der Waals surface area contributed by atoms with Gasteiger partial charge in [0, 0.05) is 11.6 Å². The van der Waals surface area contributed by atoms with E-state index in [1.807, 2.05) is 66.7 Å². The average molecular weight is 355 g/mol. The highest BCUT2D eigenvalue weighted by molar-refractivity contribution is 6.30. The molecule has 25 heavy (non-hydrogen) atoms. The van der Waals surface area contributed by atoms with Gasteiger partial charge >= 0.3 is 0 Å². The molecule has 3 aromatic rings. The van der Waals surface area contributed by atoms with Gasteiger partial charge in [-0.25, -0.2) is 0 Å². The molecule has 2 N–H and O–H groups in total. The molecule has 4 nitrogen and oxygen atoms in total. The number of hydrogen-bond donors (Lipinski definition) is 2. The second-order valence-electron chi connectivity index (χ2n) is 5.64. The molecule has 0 fully saturated rings. The summed E-state index contributed by atoms with van der Waals surface area (Å²) in [6, 6.07) is 20.9. The number of rotatable bonds is 7. The number of benzene rings is 2. The zero-order valence-corrected chi connectivity index (χ0v) is 14.4. The summed E-state index contributed by atoms with van der Waals surface area (Å²) >= 11 is 5.86. The van der Waals surface area contributed by atoms with Crippen LogP contribution in [-0.2, 0) is 11.3 Å². The van der Waals surface area contributed by atoms with Crippen LogP contribution in [0.2, 0.25) is 5.02 Å². The smallest absolute Gasteiger partial charge is 0.234 e. The fraction of sp³-hybridized carbons (Fsp3) is 0.150. The van der Waals surface area contributed by atoms with Crippen LogP contribution in [0.4, 0.5) is 0 Å². The number of furan rings is 1. The van der Waals surface area contributed by atoms with Gasteiger partial charge in [0.15, 0.2) is 0 Å². The molecule has 1 atom stereocenters. The van der Waals surface area contributed by atoms with E-state index in [9.17, 15) is 4.79 Å². The van der Waals surface area contributed by atoms with E-state index in [0.29, 0.717) is 11.6 Å². The van der Waals surface area contributed by atoms with Gasteiger partial charge < -0.3 is 9.73 Å². The molecule has 1 heterocycles. The molecule has 5 heteroatoms. The summed E-state index contributed by atoms with van der Waals surface area (Å²) < 4.78 is 5.52. The lowest BCUT2D eigenvalue weighted by atomic mass is 10.0. The molecule has 0 bridgehead atoms. The molecular formula is C20H19ClN2O2. The normalized spacial score (nSPS) is 11.9. The fourth-order valence-electron chi connectivity index (χ4n) is 2.54. The molecule has 0 aliphatic heterocycles. The minimum absolute atomic E-state index is 0.0811. The molecule has 0 saturated carbocycles. The van der Waals surface area contributed by atoms with Crippen LogP contribution in [0.3, 0.4) is 0 Å². The Morgan fingerprint density at radius 2 is 1.76 bits per heavy atom. The first-order chi connectivity index (χ1) is 12.2. The van der Waals surface area contributed by atoms with Crippen molar-refractivity contribution in [1.29, 1.82) is 0 Å². The van der Waals surface area contributed by atoms with Crippen molar-refractivity contribution in [2.75, 3.05) is 6.54 Å². The van der Waals surface area contributed by atoms with Gasteiger partial charge in [-0.3, -0.25) is 10.1 Å². The number of hydrogen-bond acceptors (Lipinski definition) is 3. The Hall–Kier alpha value is -2.56. The van der Waals surface area contributed by atoms with Crippen LogP contribution in [0.25, 0.3) is 0 Å². The molecular weight excluding hydrogens is 336 g/mol. The molecule has 2 aromatic carbocycles. The lowest BCUT2D eigenvalue weighted by Gasteiger charge is -2.17. The lowest BCUT2D eigenvalue weighted by molar-refractivity contribution is -0.120. The Morgan fingerprint density at radius 1 is 1.00 bits per heavy atom. The fourth-order valence-corrected chi connectivity index (χ4v) is 2.67. The van der Waals surface area contributed by atoms with Crippen LogP contribution < -0.4 is 10.6 Å². The van der Waals surface area contributed by atoms with Gasteiger partial charge in [0.05, 0.1) is 18.8 Å². The predicted octanol–water partition coefficient (Wildman–Crippen LogP) is 3.93. The standard InChI is InChI=1S/C20H19ClN2O2/c21-17-10-8-15(9-11-17)13-22-19(24)14-23-20(18-7-4-12-25-18)16-5-2-1-3-6-16/h1-12,20,23H,13-14H2,(H,22,24)/t20-/m1/s1. The maximum absolute atomic E-state index is 12.2. The van der Waals surface area contributed by atoms with Crippen molar-refractivity contribution in [1.82, 2.24) is 10.6 Å². The summed E-state index contributed by atoms with van der Waals surface area (Å²) in [5, 5.41) is 6.83. The maximum atomic E-state index is 12.2. The number of halogens is 1. The Morgan fingerprint density at radius 3 is 2.44 bits per heavy atom. The van der Waals surface area contributed by atoms with E-state index in [0.717, 1.165) is 16.9 Å². The monoisotopic (exact) mass is 354 g/mol. The number of nitrogens with one attached hydrogen (secondary N) is 2. The van der Waals surface area contributed by atoms with Crippen molar-refractivity contribution >= 4 is 17.5 Å². The molecule has 128 valence electrons. The van der Waals surface area contributed by atoms with E-state index in [4.69, 9.17) is 16.0 Å². The van der Waals surface area contributed by atoms with Crippen molar-refractivity contribution in [3.8, 4) is 0 Å². The zero-order chi connectivity index (χ0) is 17.5. The molecule has 3 rings (SSSR count). The minimum Gasteiger partial charge on any atom is -0.467 e. The summed E-state index contributed by atoms with van der Waals surface area (Å²) in [5.74, 6) is 0.694. The van der Waals surface area contributed by atoms with E-state index in [2.05, 4.69) is 10.6 Å². The van der Waals surface area contributed by atoms with E-state index in [-0.39, 0.29) is 18.5 Å². The Labute approximate surface area is 151 Å². The Balaban J connectivity index is 1.57. The van der Waals surface area contributed by atoms with Gasteiger partial charge in [0.1, 0.15) is 5.76 Å². The predicted molar refractivity (Wildman–Crippen MR) is 98.3 cm³/mol. The zero-order valence-electron chi connectivity index (χ0n) is 13.6. The molecule has 0 radical (unpaired) electrons. The van der Waals surface area contributed by atoms with Crippen LogP contribution in [0.15, 0.2) is 77.4 Å². The molecule has 0 aliphatic rings. The van der Waals surface area contributed by atoms with Gasteiger partial charge in [-0.2, -0.15) is 0 Å². The number of carbonyl (C=O) groups excluding carboxylic acids is 1. The number of amides is 1. The van der Waals surface area contributed by atoms with Crippen LogP contribution >= 0.6 is 11.6 Å². The quantitative estimate of drug-likeness (QED) is 0.676. The third-order valence-electron chi connectivity index (χ3n) is 3.83.